The van der Waals surface area contributed by atoms with Gasteiger partial charge in [-0.15, -0.1) is 17.0 Å². The quantitative estimate of drug-likeness (QED) is 0.531. The van der Waals surface area contributed by atoms with E-state index in [1.54, 1.807) is 6.20 Å². The largest absolute Gasteiger partial charge is 0.494 e. The van der Waals surface area contributed by atoms with Crippen LogP contribution in [-0.4, -0.2) is 33.7 Å². The second-order valence-electron chi connectivity index (χ2n) is 7.02. The maximum Gasteiger partial charge on any atom is 0.254 e. The molecule has 5 nitrogen and oxygen atoms in total. The molecule has 4 rings (SSSR count). The van der Waals surface area contributed by atoms with Crippen molar-refractivity contribution in [3.05, 3.63) is 83.7 Å². The molecule has 0 saturated carbocycles. The molecule has 1 unspecified atom stereocenters. The summed E-state index contributed by atoms with van der Waals surface area (Å²) in [6, 6.07) is 18.0. The van der Waals surface area contributed by atoms with Gasteiger partial charge in [0.1, 0.15) is 5.75 Å². The number of aromatic nitrogens is 2. The molecule has 1 amide bonds. The van der Waals surface area contributed by atoms with Gasteiger partial charge in [-0.05, 0) is 55.2 Å². The van der Waals surface area contributed by atoms with Gasteiger partial charge in [0.15, 0.2) is 0 Å². The van der Waals surface area contributed by atoms with Crippen LogP contribution in [0.4, 0.5) is 0 Å². The van der Waals surface area contributed by atoms with Crippen LogP contribution in [0.2, 0.25) is 0 Å². The van der Waals surface area contributed by atoms with Crippen molar-refractivity contribution in [2.45, 2.75) is 32.4 Å². The fraction of sp³-hybridized carbons (Fsp3) is 0.304. The van der Waals surface area contributed by atoms with Gasteiger partial charge in [0.2, 0.25) is 0 Å². The maximum absolute atomic E-state index is 13.4. The summed E-state index contributed by atoms with van der Waals surface area (Å²) in [5, 5.41) is 4.28. The topological polar surface area (TPSA) is 47.4 Å². The highest BCUT2D eigenvalue weighted by atomic mass is 79.9. The van der Waals surface area contributed by atoms with Crippen molar-refractivity contribution in [2.24, 2.45) is 0 Å². The number of amides is 1. The summed E-state index contributed by atoms with van der Waals surface area (Å²) in [4.78, 5) is 15.4. The number of hydrogen-bond donors (Lipinski definition) is 0. The van der Waals surface area contributed by atoms with Crippen LogP contribution in [0.15, 0.2) is 67.0 Å². The first kappa shape index (κ1) is 21.1. The third-order valence-corrected chi connectivity index (χ3v) is 5.23. The number of hydrogen-bond acceptors (Lipinski definition) is 3. The molecule has 1 atom stereocenters. The van der Waals surface area contributed by atoms with Crippen molar-refractivity contribution in [3.8, 4) is 5.75 Å². The van der Waals surface area contributed by atoms with Gasteiger partial charge in [0.25, 0.3) is 5.91 Å². The molecule has 29 heavy (non-hydrogen) atoms. The lowest BCUT2D eigenvalue weighted by molar-refractivity contribution is 0.0734. The van der Waals surface area contributed by atoms with Gasteiger partial charge in [0, 0.05) is 24.5 Å². The molecular formula is C23H26BrN3O2. The van der Waals surface area contributed by atoms with E-state index in [4.69, 9.17) is 4.74 Å². The molecule has 1 fully saturated rings. The summed E-state index contributed by atoms with van der Waals surface area (Å²) in [6.07, 6.45) is 5.68. The predicted molar refractivity (Wildman–Crippen MR) is 119 cm³/mol. The Hall–Kier alpha value is -2.60. The summed E-state index contributed by atoms with van der Waals surface area (Å²) < 4.78 is 7.39. The zero-order valence-electron chi connectivity index (χ0n) is 16.5. The molecule has 0 spiro atoms. The Morgan fingerprint density at radius 3 is 2.66 bits per heavy atom. The molecule has 2 heterocycles. The lowest BCUT2D eigenvalue weighted by Gasteiger charge is -2.26. The van der Waals surface area contributed by atoms with E-state index < -0.39 is 0 Å². The molecule has 0 aliphatic carbocycles. The average Bonchev–Trinajstić information content (AvgIpc) is 3.41. The van der Waals surface area contributed by atoms with Gasteiger partial charge >= 0.3 is 0 Å². The number of nitrogens with zero attached hydrogens (tertiary/aromatic N) is 3. The Balaban J connectivity index is 0.00000240. The standard InChI is InChI=1S/C23H25N3O2.BrH/c1-2-28-20-12-10-18(11-13-20)22-9-5-16-26(22)23(27)21-8-4-3-7-19(21)17-25-15-6-14-24-25;/h3-4,6-8,10-15,22H,2,5,9,16-17H2,1H3;1H. The van der Waals surface area contributed by atoms with E-state index in [-0.39, 0.29) is 28.9 Å². The minimum absolute atomic E-state index is 0. The highest BCUT2D eigenvalue weighted by Crippen LogP contribution is 2.34. The Morgan fingerprint density at radius 1 is 1.14 bits per heavy atom. The number of likely N-dealkylation sites (tertiary alicyclic amines) is 1. The van der Waals surface area contributed by atoms with Crippen LogP contribution < -0.4 is 4.74 Å². The van der Waals surface area contributed by atoms with Crippen LogP contribution >= 0.6 is 17.0 Å². The molecule has 152 valence electrons. The molecule has 1 aliphatic rings. The molecule has 2 aromatic carbocycles. The third-order valence-electron chi connectivity index (χ3n) is 5.23. The normalized spacial score (nSPS) is 15.8. The Labute approximate surface area is 182 Å². The highest BCUT2D eigenvalue weighted by Gasteiger charge is 2.31. The van der Waals surface area contributed by atoms with Crippen LogP contribution in [0.1, 0.15) is 47.3 Å². The second kappa shape index (κ2) is 9.74. The van der Waals surface area contributed by atoms with Gasteiger partial charge in [-0.1, -0.05) is 30.3 Å². The van der Waals surface area contributed by atoms with Gasteiger partial charge in [0.05, 0.1) is 19.2 Å². The number of benzene rings is 2. The number of halogens is 1. The van der Waals surface area contributed by atoms with Gasteiger partial charge in [-0.25, -0.2) is 0 Å². The van der Waals surface area contributed by atoms with Crippen molar-refractivity contribution >= 4 is 22.9 Å². The monoisotopic (exact) mass is 455 g/mol. The lowest BCUT2D eigenvalue weighted by Crippen LogP contribution is -2.31. The van der Waals surface area contributed by atoms with E-state index in [1.165, 1.54) is 5.56 Å². The summed E-state index contributed by atoms with van der Waals surface area (Å²) in [7, 11) is 0. The van der Waals surface area contributed by atoms with Gasteiger partial charge in [-0.3, -0.25) is 9.48 Å². The zero-order chi connectivity index (χ0) is 19.3. The minimum atomic E-state index is 0. The number of ether oxygens (including phenoxy) is 1. The summed E-state index contributed by atoms with van der Waals surface area (Å²) in [6.45, 7) is 4.01. The van der Waals surface area contributed by atoms with Crippen molar-refractivity contribution < 1.29 is 9.53 Å². The number of carbonyl (C=O) groups is 1. The smallest absolute Gasteiger partial charge is 0.254 e. The molecule has 0 radical (unpaired) electrons. The van der Waals surface area contributed by atoms with Crippen molar-refractivity contribution in [2.75, 3.05) is 13.2 Å². The maximum atomic E-state index is 13.4. The molecule has 0 N–H and O–H groups in total. The first-order valence-corrected chi connectivity index (χ1v) is 9.85. The fourth-order valence-electron chi connectivity index (χ4n) is 3.90. The molecule has 1 aromatic heterocycles. The van der Waals surface area contributed by atoms with Gasteiger partial charge < -0.3 is 9.64 Å². The van der Waals surface area contributed by atoms with E-state index in [9.17, 15) is 4.79 Å². The van der Waals surface area contributed by atoms with Crippen LogP contribution in [0.3, 0.4) is 0 Å². The van der Waals surface area contributed by atoms with Crippen molar-refractivity contribution in [3.63, 3.8) is 0 Å². The van der Waals surface area contributed by atoms with E-state index >= 15 is 0 Å². The fourth-order valence-corrected chi connectivity index (χ4v) is 3.90. The SMILES string of the molecule is Br.CCOc1ccc(C2CCCN2C(=O)c2ccccc2Cn2cccn2)cc1. The molecule has 6 heteroatoms. The van der Waals surface area contributed by atoms with Crippen LogP contribution in [-0.2, 0) is 6.54 Å². The van der Waals surface area contributed by atoms with Crippen LogP contribution in [0.5, 0.6) is 5.75 Å². The molecule has 3 aromatic rings. The molecular weight excluding hydrogens is 430 g/mol. The van der Waals surface area contributed by atoms with E-state index in [0.29, 0.717) is 13.2 Å². The Morgan fingerprint density at radius 2 is 1.93 bits per heavy atom. The first-order chi connectivity index (χ1) is 13.8. The lowest BCUT2D eigenvalue weighted by atomic mass is 10.0. The molecule has 1 saturated heterocycles. The zero-order valence-corrected chi connectivity index (χ0v) is 18.2. The van der Waals surface area contributed by atoms with E-state index in [2.05, 4.69) is 17.2 Å². The summed E-state index contributed by atoms with van der Waals surface area (Å²) in [5.41, 5.74) is 2.92. The average molecular weight is 456 g/mol. The number of rotatable bonds is 6. The second-order valence-corrected chi connectivity index (χ2v) is 7.02. The predicted octanol–water partition coefficient (Wildman–Crippen LogP) is 4.89. The minimum Gasteiger partial charge on any atom is -0.494 e. The Kier molecular flexibility index (Phi) is 7.09. The third kappa shape index (κ3) is 4.70. The summed E-state index contributed by atoms with van der Waals surface area (Å²) >= 11 is 0. The van der Waals surface area contributed by atoms with Gasteiger partial charge in [-0.2, -0.15) is 5.10 Å². The first-order valence-electron chi connectivity index (χ1n) is 9.85. The van der Waals surface area contributed by atoms with Crippen LogP contribution in [0, 0.1) is 0 Å². The van der Waals surface area contributed by atoms with Crippen LogP contribution in [0.25, 0.3) is 0 Å². The van der Waals surface area contributed by atoms with E-state index in [1.807, 2.05) is 65.2 Å². The Bertz CT molecular complexity index is 926. The molecule has 0 bridgehead atoms. The van der Waals surface area contributed by atoms with Crippen molar-refractivity contribution in [1.82, 2.24) is 14.7 Å². The number of carbonyl (C=O) groups excluding carboxylic acids is 1. The highest BCUT2D eigenvalue weighted by molar-refractivity contribution is 8.93. The summed E-state index contributed by atoms with van der Waals surface area (Å²) in [5.74, 6) is 0.964. The van der Waals surface area contributed by atoms with E-state index in [0.717, 1.165) is 36.3 Å². The molecule has 1 aliphatic heterocycles. The van der Waals surface area contributed by atoms with Crippen molar-refractivity contribution in [1.29, 1.82) is 0 Å².